The van der Waals surface area contributed by atoms with Crippen LogP contribution in [0.4, 0.5) is 24.7 Å². The molecule has 34 heavy (non-hydrogen) atoms. The first-order valence-electron chi connectivity index (χ1n) is 10.4. The molecule has 1 aliphatic heterocycles. The van der Waals surface area contributed by atoms with E-state index in [-0.39, 0.29) is 6.42 Å². The molecule has 0 amide bonds. The summed E-state index contributed by atoms with van der Waals surface area (Å²) in [6.45, 7) is 4.74. The van der Waals surface area contributed by atoms with Gasteiger partial charge in [-0.25, -0.2) is 14.8 Å². The van der Waals surface area contributed by atoms with Gasteiger partial charge < -0.3 is 14.5 Å². The molecule has 0 saturated carbocycles. The maximum atomic E-state index is 12.3. The number of hydrogen-bond acceptors (Lipinski definition) is 8. The molecule has 0 atom stereocenters. The fourth-order valence-electron chi connectivity index (χ4n) is 3.84. The Kier molecular flexibility index (Phi) is 6.60. The Morgan fingerprint density at radius 1 is 1.15 bits per heavy atom. The Morgan fingerprint density at radius 3 is 2.56 bits per heavy atom. The Morgan fingerprint density at radius 2 is 1.85 bits per heavy atom. The summed E-state index contributed by atoms with van der Waals surface area (Å²) >= 11 is 6.16. The van der Waals surface area contributed by atoms with Crippen molar-refractivity contribution in [3.8, 4) is 0 Å². The van der Waals surface area contributed by atoms with Crippen LogP contribution in [0.5, 0.6) is 0 Å². The summed E-state index contributed by atoms with van der Waals surface area (Å²) in [5.74, 6) is -3.21. The van der Waals surface area contributed by atoms with Crippen LogP contribution in [0.2, 0.25) is 5.02 Å². The Hall–Kier alpha value is -3.41. The molecule has 0 radical (unpaired) electrons. The molecule has 9 nitrogen and oxygen atoms in total. The second-order valence-electron chi connectivity index (χ2n) is 7.76. The Labute approximate surface area is 196 Å². The van der Waals surface area contributed by atoms with Crippen molar-refractivity contribution < 1.29 is 27.5 Å². The van der Waals surface area contributed by atoms with Crippen LogP contribution in [0.3, 0.4) is 0 Å². The third-order valence-electron chi connectivity index (χ3n) is 5.51. The van der Waals surface area contributed by atoms with Gasteiger partial charge in [0.2, 0.25) is 0 Å². The minimum absolute atomic E-state index is 0.0253. The van der Waals surface area contributed by atoms with Crippen molar-refractivity contribution in [1.29, 1.82) is 0 Å². The maximum Gasteiger partial charge on any atom is 0.491 e. The topological polar surface area (TPSA) is 104 Å². The van der Waals surface area contributed by atoms with E-state index in [1.165, 1.54) is 6.33 Å². The minimum Gasteiger partial charge on any atom is -0.386 e. The van der Waals surface area contributed by atoms with E-state index >= 15 is 0 Å². The van der Waals surface area contributed by atoms with Crippen molar-refractivity contribution in [1.82, 2.24) is 20.2 Å². The second kappa shape index (κ2) is 9.45. The van der Waals surface area contributed by atoms with Crippen molar-refractivity contribution in [2.75, 3.05) is 36.0 Å². The predicted molar refractivity (Wildman–Crippen MR) is 118 cm³/mol. The van der Waals surface area contributed by atoms with Crippen molar-refractivity contribution in [3.63, 3.8) is 0 Å². The average Bonchev–Trinajstić information content (AvgIpc) is 3.22. The predicted octanol–water partition coefficient (Wildman–Crippen LogP) is 3.21. The number of piperazine rings is 1. The monoisotopic (exact) mass is 496 g/mol. The lowest BCUT2D eigenvalue weighted by Crippen LogP contribution is -2.47. The number of benzene rings is 1. The van der Waals surface area contributed by atoms with E-state index in [9.17, 15) is 22.8 Å². The first-order chi connectivity index (χ1) is 16.1. The van der Waals surface area contributed by atoms with Crippen LogP contribution in [-0.2, 0) is 20.7 Å². The van der Waals surface area contributed by atoms with Gasteiger partial charge in [-0.2, -0.15) is 18.3 Å². The molecule has 180 valence electrons. The summed E-state index contributed by atoms with van der Waals surface area (Å²) in [6, 6.07) is 5.76. The highest BCUT2D eigenvalue weighted by Gasteiger charge is 2.42. The van der Waals surface area contributed by atoms with Gasteiger partial charge >= 0.3 is 18.1 Å². The fraction of sp³-hybridized carbons (Fsp3) is 0.381. The summed E-state index contributed by atoms with van der Waals surface area (Å²) in [4.78, 5) is 35.4. The molecule has 0 aliphatic carbocycles. The van der Waals surface area contributed by atoms with Crippen LogP contribution in [-0.4, -0.2) is 64.5 Å². The number of esters is 2. The van der Waals surface area contributed by atoms with E-state index in [4.69, 9.17) is 11.6 Å². The zero-order valence-electron chi connectivity index (χ0n) is 18.0. The molecular formula is C21H20ClF3N6O3. The van der Waals surface area contributed by atoms with Crippen LogP contribution < -0.4 is 9.80 Å². The lowest BCUT2D eigenvalue weighted by molar-refractivity contribution is -0.201. The molecule has 4 rings (SSSR count). The molecule has 1 aliphatic rings. The van der Waals surface area contributed by atoms with Crippen LogP contribution in [0, 0.1) is 6.92 Å². The Bertz CT molecular complexity index is 1220. The van der Waals surface area contributed by atoms with Gasteiger partial charge in [-0.3, -0.25) is 9.89 Å². The number of aryl methyl sites for hydroxylation is 2. The van der Waals surface area contributed by atoms with Crippen molar-refractivity contribution in [2.24, 2.45) is 0 Å². The largest absolute Gasteiger partial charge is 0.491 e. The molecule has 1 aromatic carbocycles. The molecule has 0 bridgehead atoms. The van der Waals surface area contributed by atoms with Crippen LogP contribution in [0.15, 0.2) is 24.5 Å². The zero-order valence-corrected chi connectivity index (χ0v) is 18.8. The highest BCUT2D eigenvalue weighted by Crippen LogP contribution is 2.29. The minimum atomic E-state index is -5.23. The Balaban J connectivity index is 1.47. The van der Waals surface area contributed by atoms with Gasteiger partial charge in [0.15, 0.2) is 5.65 Å². The number of anilines is 2. The highest BCUT2D eigenvalue weighted by atomic mass is 35.5. The molecule has 0 spiro atoms. The fourth-order valence-corrected chi connectivity index (χ4v) is 4.01. The summed E-state index contributed by atoms with van der Waals surface area (Å²) in [5.41, 5.74) is 3.02. The normalized spacial score (nSPS) is 14.5. The van der Waals surface area contributed by atoms with Gasteiger partial charge in [0.25, 0.3) is 0 Å². The summed E-state index contributed by atoms with van der Waals surface area (Å²) in [5, 5.41) is 8.11. The van der Waals surface area contributed by atoms with E-state index < -0.39 is 24.5 Å². The number of nitrogens with zero attached hydrogens (tertiary/aromatic N) is 5. The zero-order chi connectivity index (χ0) is 24.5. The number of fused-ring (bicyclic) bond motifs is 1. The van der Waals surface area contributed by atoms with E-state index in [0.717, 1.165) is 11.3 Å². The van der Waals surface area contributed by atoms with Crippen molar-refractivity contribution in [2.45, 2.75) is 25.9 Å². The van der Waals surface area contributed by atoms with Gasteiger partial charge in [-0.15, -0.1) is 0 Å². The SMILES string of the molecule is Cc1ccc(Cl)cc1N1CCN(c2ncnc3n[nH]c(CCC(=O)OC(=O)C(F)(F)F)c23)CC1. The van der Waals surface area contributed by atoms with E-state index in [1.54, 1.807) is 0 Å². The third kappa shape index (κ3) is 5.06. The maximum absolute atomic E-state index is 12.3. The lowest BCUT2D eigenvalue weighted by atomic mass is 10.1. The summed E-state index contributed by atoms with van der Waals surface area (Å²) in [7, 11) is 0. The van der Waals surface area contributed by atoms with Gasteiger partial charge in [-0.05, 0) is 24.6 Å². The second-order valence-corrected chi connectivity index (χ2v) is 8.20. The van der Waals surface area contributed by atoms with Crippen molar-refractivity contribution >= 4 is 46.1 Å². The molecule has 13 heteroatoms. The van der Waals surface area contributed by atoms with Gasteiger partial charge in [0, 0.05) is 49.0 Å². The molecular weight excluding hydrogens is 477 g/mol. The van der Waals surface area contributed by atoms with Gasteiger partial charge in [-0.1, -0.05) is 17.7 Å². The molecule has 3 heterocycles. The third-order valence-corrected chi connectivity index (χ3v) is 5.75. The van der Waals surface area contributed by atoms with Gasteiger partial charge in [0.1, 0.15) is 12.1 Å². The quantitative estimate of drug-likeness (QED) is 0.424. The number of halogens is 4. The molecule has 0 unspecified atom stereocenters. The standard InChI is InChI=1S/C21H20ClF3N6O3/c1-12-2-3-13(22)10-15(12)30-6-8-31(9-7-30)19-17-14(28-29-18(17)26-11-27-19)4-5-16(32)34-20(33)21(23,24)25/h2-3,10-11H,4-9H2,1H3,(H,26,27,28,29). The molecule has 1 N–H and O–H groups in total. The van der Waals surface area contributed by atoms with Crippen molar-refractivity contribution in [3.05, 3.63) is 40.8 Å². The number of aromatic amines is 1. The van der Waals surface area contributed by atoms with Crippen LogP contribution in [0.1, 0.15) is 17.7 Å². The lowest BCUT2D eigenvalue weighted by Gasteiger charge is -2.37. The first-order valence-corrected chi connectivity index (χ1v) is 10.8. The van der Waals surface area contributed by atoms with E-state index in [2.05, 4.69) is 34.7 Å². The number of carbonyl (C=O) groups excluding carboxylic acids is 2. The number of H-pyrrole nitrogens is 1. The van der Waals surface area contributed by atoms with Crippen LogP contribution >= 0.6 is 11.6 Å². The number of carbonyl (C=O) groups is 2. The number of ether oxygens (including phenoxy) is 1. The molecule has 3 aromatic rings. The van der Waals surface area contributed by atoms with Gasteiger partial charge in [0.05, 0.1) is 11.8 Å². The summed E-state index contributed by atoms with van der Waals surface area (Å²) < 4.78 is 40.7. The highest BCUT2D eigenvalue weighted by molar-refractivity contribution is 6.30. The smallest absolute Gasteiger partial charge is 0.386 e. The number of nitrogens with one attached hydrogen (secondary N) is 1. The van der Waals surface area contributed by atoms with E-state index in [1.807, 2.05) is 25.1 Å². The summed E-state index contributed by atoms with van der Waals surface area (Å²) in [6.07, 6.45) is -4.33. The molecule has 1 saturated heterocycles. The van der Waals surface area contributed by atoms with Crippen LogP contribution in [0.25, 0.3) is 11.0 Å². The average molecular weight is 497 g/mol. The number of aromatic nitrogens is 4. The van der Waals surface area contributed by atoms with E-state index in [0.29, 0.717) is 53.7 Å². The molecule has 2 aromatic heterocycles. The number of hydrogen-bond donors (Lipinski definition) is 1. The number of alkyl halides is 3. The first kappa shape index (κ1) is 23.7. The molecule has 1 fully saturated rings. The number of rotatable bonds is 5.